The zero-order chi connectivity index (χ0) is 26.9. The van der Waals surface area contributed by atoms with Gasteiger partial charge in [0.15, 0.2) is 16.7 Å². The van der Waals surface area contributed by atoms with Gasteiger partial charge >= 0.3 is 5.97 Å². The molecule has 0 aliphatic carbocycles. The summed E-state index contributed by atoms with van der Waals surface area (Å²) < 4.78 is 16.8. The van der Waals surface area contributed by atoms with Gasteiger partial charge in [0.25, 0.3) is 0 Å². The fourth-order valence-electron chi connectivity index (χ4n) is 4.62. The predicted molar refractivity (Wildman–Crippen MR) is 144 cm³/mol. The molecule has 37 heavy (non-hydrogen) atoms. The van der Waals surface area contributed by atoms with E-state index in [1.54, 1.807) is 14.2 Å². The van der Waals surface area contributed by atoms with Gasteiger partial charge in [0.2, 0.25) is 5.91 Å². The lowest BCUT2D eigenvalue weighted by molar-refractivity contribution is -0.150. The van der Waals surface area contributed by atoms with Crippen molar-refractivity contribution in [2.75, 3.05) is 47.4 Å². The summed E-state index contributed by atoms with van der Waals surface area (Å²) in [6, 6.07) is 5.07. The Kier molecular flexibility index (Phi) is 7.89. The molecule has 1 aromatic rings. The number of methoxy groups -OCH3 is 2. The molecule has 0 saturated carbocycles. The summed E-state index contributed by atoms with van der Waals surface area (Å²) in [5.41, 5.74) is 1.97. The van der Waals surface area contributed by atoms with Gasteiger partial charge in [0, 0.05) is 31.9 Å². The molecular formula is C27H36N4O5S. The van der Waals surface area contributed by atoms with Gasteiger partial charge in [0.1, 0.15) is 5.60 Å². The number of aliphatic imine (C=N–C) groups is 1. The summed E-state index contributed by atoms with van der Waals surface area (Å²) in [6.45, 7) is 10.5. The van der Waals surface area contributed by atoms with E-state index in [1.807, 2.05) is 61.1 Å². The van der Waals surface area contributed by atoms with Crippen LogP contribution in [0.5, 0.6) is 11.5 Å². The third-order valence-electron chi connectivity index (χ3n) is 6.53. The molecule has 1 amide bonds. The normalized spacial score (nSPS) is 20.4. The highest BCUT2D eigenvalue weighted by atomic mass is 32.2. The monoisotopic (exact) mass is 528 g/mol. The van der Waals surface area contributed by atoms with Crippen molar-refractivity contribution in [3.05, 3.63) is 46.1 Å². The highest BCUT2D eigenvalue weighted by Gasteiger charge is 2.42. The number of ether oxygens (including phenoxy) is 3. The Morgan fingerprint density at radius 1 is 1.08 bits per heavy atom. The second-order valence-corrected chi connectivity index (χ2v) is 11.2. The lowest BCUT2D eigenvalue weighted by atomic mass is 9.93. The van der Waals surface area contributed by atoms with Crippen LogP contribution in [0.25, 0.3) is 0 Å². The minimum Gasteiger partial charge on any atom is -0.493 e. The zero-order valence-corrected chi connectivity index (χ0v) is 23.5. The minimum atomic E-state index is -0.674. The minimum absolute atomic E-state index is 0.0670. The molecule has 4 rings (SSSR count). The first-order valence-corrected chi connectivity index (χ1v) is 13.3. The Balaban J connectivity index is 1.73. The number of likely N-dealkylation sites (N-methyl/N-ethyl adjacent to an activating group) is 1. The zero-order valence-electron chi connectivity index (χ0n) is 22.7. The van der Waals surface area contributed by atoms with Crippen molar-refractivity contribution >= 4 is 28.8 Å². The number of nitrogens with zero attached hydrogens (tertiary/aromatic N) is 4. The molecule has 0 N–H and O–H groups in total. The number of allylic oxidation sites excluding steroid dienone is 1. The van der Waals surface area contributed by atoms with Crippen molar-refractivity contribution in [1.29, 1.82) is 0 Å². The van der Waals surface area contributed by atoms with E-state index < -0.39 is 17.6 Å². The highest BCUT2D eigenvalue weighted by Crippen LogP contribution is 2.46. The molecule has 0 aromatic heterocycles. The standard InChI is InChI=1S/C27H36N4O5S/c1-17-23(25(33)36-27(2,3)4)24(18-8-9-20(34-6)21(14-18)35-7)31-19(16-37-26(31)28-17)15-22(32)30-12-10-29(5)11-13-30/h8-9,14,16,24H,10-13,15H2,1-7H3. The number of amides is 1. The van der Waals surface area contributed by atoms with Crippen LogP contribution in [0, 0.1) is 0 Å². The van der Waals surface area contributed by atoms with Crippen LogP contribution >= 0.6 is 11.8 Å². The molecule has 0 spiro atoms. The number of fused-ring (bicyclic) bond motifs is 1. The van der Waals surface area contributed by atoms with Crippen LogP contribution in [0.1, 0.15) is 45.7 Å². The van der Waals surface area contributed by atoms with Crippen molar-refractivity contribution in [3.63, 3.8) is 0 Å². The molecule has 1 fully saturated rings. The number of hydrogen-bond donors (Lipinski definition) is 0. The molecule has 3 aliphatic heterocycles. The van der Waals surface area contributed by atoms with Crippen molar-refractivity contribution in [2.24, 2.45) is 4.99 Å². The summed E-state index contributed by atoms with van der Waals surface area (Å²) in [6.07, 6.45) is 0.222. The third kappa shape index (κ3) is 5.80. The Morgan fingerprint density at radius 3 is 2.38 bits per heavy atom. The second kappa shape index (κ2) is 10.8. The van der Waals surface area contributed by atoms with Gasteiger partial charge in [-0.2, -0.15) is 0 Å². The summed E-state index contributed by atoms with van der Waals surface area (Å²) >= 11 is 1.46. The van der Waals surface area contributed by atoms with Crippen molar-refractivity contribution in [1.82, 2.24) is 14.7 Å². The lowest BCUT2D eigenvalue weighted by Gasteiger charge is -2.38. The smallest absolute Gasteiger partial charge is 0.338 e. The first-order chi connectivity index (χ1) is 17.5. The topological polar surface area (TPSA) is 83.9 Å². The lowest BCUT2D eigenvalue weighted by Crippen LogP contribution is -2.47. The van der Waals surface area contributed by atoms with Crippen LogP contribution < -0.4 is 9.47 Å². The Hall–Kier alpha value is -2.98. The molecule has 0 radical (unpaired) electrons. The first kappa shape index (κ1) is 27.1. The molecule has 1 saturated heterocycles. The van der Waals surface area contributed by atoms with Crippen LogP contribution in [0.15, 0.2) is 45.6 Å². The predicted octanol–water partition coefficient (Wildman–Crippen LogP) is 3.78. The van der Waals surface area contributed by atoms with Crippen molar-refractivity contribution in [2.45, 2.75) is 45.8 Å². The molecule has 10 heteroatoms. The van der Waals surface area contributed by atoms with Gasteiger partial charge in [-0.1, -0.05) is 17.8 Å². The SMILES string of the molecule is COc1ccc(C2C(C(=O)OC(C)(C)C)=C(C)N=C3SC=C(CC(=O)N4CCN(C)CC4)N32)cc1OC. The number of carbonyl (C=O) groups excluding carboxylic acids is 2. The van der Waals surface area contributed by atoms with E-state index in [-0.39, 0.29) is 12.3 Å². The number of benzene rings is 1. The van der Waals surface area contributed by atoms with Gasteiger partial charge in [0.05, 0.1) is 38.0 Å². The molecule has 9 nitrogen and oxygen atoms in total. The van der Waals surface area contributed by atoms with E-state index >= 15 is 0 Å². The first-order valence-electron chi connectivity index (χ1n) is 12.4. The molecule has 1 unspecified atom stereocenters. The maximum Gasteiger partial charge on any atom is 0.338 e. The maximum absolute atomic E-state index is 13.5. The summed E-state index contributed by atoms with van der Waals surface area (Å²) in [4.78, 5) is 37.7. The van der Waals surface area contributed by atoms with E-state index in [0.29, 0.717) is 35.9 Å². The fourth-order valence-corrected chi connectivity index (χ4v) is 5.59. The third-order valence-corrected chi connectivity index (χ3v) is 7.42. The van der Waals surface area contributed by atoms with E-state index in [2.05, 4.69) is 11.9 Å². The number of carbonyl (C=O) groups is 2. The number of esters is 1. The quantitative estimate of drug-likeness (QED) is 0.516. The molecule has 3 heterocycles. The van der Waals surface area contributed by atoms with Gasteiger partial charge in [-0.25, -0.2) is 9.79 Å². The van der Waals surface area contributed by atoms with E-state index in [1.165, 1.54) is 11.8 Å². The van der Waals surface area contributed by atoms with Gasteiger partial charge in [-0.3, -0.25) is 4.79 Å². The number of rotatable bonds is 6. The number of hydrogen-bond acceptors (Lipinski definition) is 9. The number of piperazine rings is 1. The second-order valence-electron chi connectivity index (χ2n) is 10.4. The van der Waals surface area contributed by atoms with Crippen LogP contribution in [-0.4, -0.2) is 84.8 Å². The largest absolute Gasteiger partial charge is 0.493 e. The van der Waals surface area contributed by atoms with Crippen LogP contribution in [0.4, 0.5) is 0 Å². The molecular weight excluding hydrogens is 492 g/mol. The van der Waals surface area contributed by atoms with E-state index in [4.69, 9.17) is 19.2 Å². The van der Waals surface area contributed by atoms with E-state index in [0.717, 1.165) is 29.5 Å². The van der Waals surface area contributed by atoms with E-state index in [9.17, 15) is 9.59 Å². The fraction of sp³-hybridized carbons (Fsp3) is 0.519. The molecule has 0 bridgehead atoms. The summed E-state index contributed by atoms with van der Waals surface area (Å²) in [5.74, 6) is 0.773. The Morgan fingerprint density at radius 2 is 1.76 bits per heavy atom. The molecule has 200 valence electrons. The van der Waals surface area contributed by atoms with Crippen LogP contribution in [0.2, 0.25) is 0 Å². The van der Waals surface area contributed by atoms with Crippen molar-refractivity contribution < 1.29 is 23.8 Å². The number of thioether (sulfide) groups is 1. The number of amidine groups is 1. The van der Waals surface area contributed by atoms with Crippen LogP contribution in [-0.2, 0) is 14.3 Å². The summed E-state index contributed by atoms with van der Waals surface area (Å²) in [7, 11) is 5.23. The average Bonchev–Trinajstić information content (AvgIpc) is 3.23. The molecule has 3 aliphatic rings. The summed E-state index contributed by atoms with van der Waals surface area (Å²) in [5, 5.41) is 2.69. The van der Waals surface area contributed by atoms with Crippen molar-refractivity contribution in [3.8, 4) is 11.5 Å². The molecule has 1 atom stereocenters. The van der Waals surface area contributed by atoms with Gasteiger partial charge in [-0.05, 0) is 57.8 Å². The Labute approximate surface area is 223 Å². The average molecular weight is 529 g/mol. The van der Waals surface area contributed by atoms with Crippen LogP contribution in [0.3, 0.4) is 0 Å². The molecule has 1 aromatic carbocycles. The van der Waals surface area contributed by atoms with Gasteiger partial charge in [-0.15, -0.1) is 0 Å². The highest BCUT2D eigenvalue weighted by molar-refractivity contribution is 8.16. The Bertz CT molecular complexity index is 1160. The van der Waals surface area contributed by atoms with Gasteiger partial charge < -0.3 is 28.9 Å². The maximum atomic E-state index is 13.5.